The first-order chi connectivity index (χ1) is 9.54. The van der Waals surface area contributed by atoms with E-state index in [9.17, 15) is 0 Å². The van der Waals surface area contributed by atoms with E-state index in [0.29, 0.717) is 5.41 Å². The zero-order chi connectivity index (χ0) is 14.3. The van der Waals surface area contributed by atoms with Crippen LogP contribution in [0.1, 0.15) is 52.4 Å². The summed E-state index contributed by atoms with van der Waals surface area (Å²) in [5.41, 5.74) is 1.58. The first-order valence-corrected chi connectivity index (χ1v) is 8.36. The standard InChI is InChI=1S/C18H30O2/c1-12-7-15-8-13(2)10-18(9-12,11-15)17-16(19-4)14(3)5-6-20-17/h12-13,15-17H,3,5-11H2,1-2,4H3/t12-,13?,15?,16?,17?,18?/m1/s1. The van der Waals surface area contributed by atoms with Crippen LogP contribution >= 0.6 is 0 Å². The summed E-state index contributed by atoms with van der Waals surface area (Å²) < 4.78 is 12.1. The number of fused-ring (bicyclic) bond motifs is 2. The van der Waals surface area contributed by atoms with Crippen molar-refractivity contribution in [3.63, 3.8) is 0 Å². The highest BCUT2D eigenvalue weighted by Crippen LogP contribution is 2.56. The third-order valence-corrected chi connectivity index (χ3v) is 5.93. The Hall–Kier alpha value is -0.340. The van der Waals surface area contributed by atoms with Gasteiger partial charge in [-0.1, -0.05) is 20.4 Å². The molecular formula is C18H30O2. The average Bonchev–Trinajstić information content (AvgIpc) is 2.36. The van der Waals surface area contributed by atoms with E-state index in [2.05, 4.69) is 20.4 Å². The third kappa shape index (κ3) is 2.46. The van der Waals surface area contributed by atoms with Gasteiger partial charge in [-0.25, -0.2) is 0 Å². The molecule has 2 bridgehead atoms. The fourth-order valence-electron chi connectivity index (χ4n) is 5.68. The predicted octanol–water partition coefficient (Wildman–Crippen LogP) is 4.20. The Morgan fingerprint density at radius 2 is 1.80 bits per heavy atom. The molecule has 0 amide bonds. The molecule has 1 heterocycles. The minimum atomic E-state index is 0.111. The van der Waals surface area contributed by atoms with Crippen LogP contribution in [-0.4, -0.2) is 25.9 Å². The lowest BCUT2D eigenvalue weighted by Crippen LogP contribution is -2.54. The van der Waals surface area contributed by atoms with E-state index in [1.807, 2.05) is 7.11 Å². The van der Waals surface area contributed by atoms with Crippen LogP contribution in [0.25, 0.3) is 0 Å². The zero-order valence-electron chi connectivity index (χ0n) is 13.4. The molecule has 0 N–H and O–H groups in total. The van der Waals surface area contributed by atoms with Gasteiger partial charge in [-0.2, -0.15) is 0 Å². The SMILES string of the molecule is C=C1CCOC(C23CC(C)CC(C[C@@H](C)C2)C3)C1OC. The van der Waals surface area contributed by atoms with Crippen molar-refractivity contribution in [2.75, 3.05) is 13.7 Å². The number of hydrogen-bond donors (Lipinski definition) is 0. The van der Waals surface area contributed by atoms with Crippen LogP contribution in [0.2, 0.25) is 0 Å². The van der Waals surface area contributed by atoms with E-state index >= 15 is 0 Å². The molecule has 1 aliphatic heterocycles. The first-order valence-electron chi connectivity index (χ1n) is 8.36. The Morgan fingerprint density at radius 3 is 2.40 bits per heavy atom. The maximum Gasteiger partial charge on any atom is 0.105 e. The van der Waals surface area contributed by atoms with Crippen LogP contribution in [0.15, 0.2) is 12.2 Å². The van der Waals surface area contributed by atoms with Crippen molar-refractivity contribution in [1.82, 2.24) is 0 Å². The van der Waals surface area contributed by atoms with E-state index in [1.54, 1.807) is 0 Å². The zero-order valence-corrected chi connectivity index (χ0v) is 13.4. The molecule has 0 aromatic rings. The van der Waals surface area contributed by atoms with Crippen molar-refractivity contribution in [3.8, 4) is 0 Å². The van der Waals surface area contributed by atoms with Crippen molar-refractivity contribution in [3.05, 3.63) is 12.2 Å². The lowest BCUT2D eigenvalue weighted by atomic mass is 9.53. The van der Waals surface area contributed by atoms with Crippen LogP contribution < -0.4 is 0 Å². The van der Waals surface area contributed by atoms with Gasteiger partial charge in [0.1, 0.15) is 6.10 Å². The smallest absolute Gasteiger partial charge is 0.105 e. The molecule has 6 atom stereocenters. The normalized spacial score (nSPS) is 49.1. The van der Waals surface area contributed by atoms with Crippen molar-refractivity contribution in [1.29, 1.82) is 0 Å². The van der Waals surface area contributed by atoms with Gasteiger partial charge >= 0.3 is 0 Å². The Kier molecular flexibility index (Phi) is 3.98. The Labute approximate surface area is 123 Å². The molecule has 20 heavy (non-hydrogen) atoms. The minimum Gasteiger partial charge on any atom is -0.374 e. The van der Waals surface area contributed by atoms with Crippen LogP contribution in [0, 0.1) is 23.2 Å². The van der Waals surface area contributed by atoms with Gasteiger partial charge in [0.25, 0.3) is 0 Å². The second kappa shape index (κ2) is 5.46. The molecule has 0 aromatic carbocycles. The van der Waals surface area contributed by atoms with Gasteiger partial charge < -0.3 is 9.47 Å². The van der Waals surface area contributed by atoms with Crippen molar-refractivity contribution < 1.29 is 9.47 Å². The van der Waals surface area contributed by atoms with Gasteiger partial charge in [-0.3, -0.25) is 0 Å². The Bertz CT molecular complexity index is 356. The molecule has 0 aromatic heterocycles. The Morgan fingerprint density at radius 1 is 1.15 bits per heavy atom. The number of methoxy groups -OCH3 is 1. The van der Waals surface area contributed by atoms with E-state index in [4.69, 9.17) is 9.47 Å². The number of ether oxygens (including phenoxy) is 2. The number of rotatable bonds is 2. The van der Waals surface area contributed by atoms with Gasteiger partial charge in [-0.05, 0) is 61.9 Å². The third-order valence-electron chi connectivity index (χ3n) is 5.93. The van der Waals surface area contributed by atoms with Crippen molar-refractivity contribution in [2.24, 2.45) is 23.2 Å². The van der Waals surface area contributed by atoms with Crippen LogP contribution in [-0.2, 0) is 9.47 Å². The van der Waals surface area contributed by atoms with E-state index in [-0.39, 0.29) is 12.2 Å². The maximum atomic E-state index is 6.28. The molecule has 3 rings (SSSR count). The predicted molar refractivity (Wildman–Crippen MR) is 81.6 cm³/mol. The van der Waals surface area contributed by atoms with Gasteiger partial charge in [0.05, 0.1) is 12.7 Å². The summed E-state index contributed by atoms with van der Waals surface area (Å²) in [6.45, 7) is 9.93. The van der Waals surface area contributed by atoms with Crippen molar-refractivity contribution in [2.45, 2.75) is 64.6 Å². The monoisotopic (exact) mass is 278 g/mol. The molecule has 114 valence electrons. The molecule has 5 unspecified atom stereocenters. The van der Waals surface area contributed by atoms with E-state index < -0.39 is 0 Å². The summed E-state index contributed by atoms with van der Waals surface area (Å²) in [7, 11) is 1.82. The quantitative estimate of drug-likeness (QED) is 0.705. The number of hydrogen-bond acceptors (Lipinski definition) is 2. The second-order valence-electron chi connectivity index (χ2n) is 7.88. The summed E-state index contributed by atoms with van der Waals surface area (Å²) in [4.78, 5) is 0. The summed E-state index contributed by atoms with van der Waals surface area (Å²) in [6.07, 6.45) is 8.10. The molecule has 3 aliphatic rings. The molecule has 3 fully saturated rings. The average molecular weight is 278 g/mol. The summed E-state index contributed by atoms with van der Waals surface area (Å²) in [5, 5.41) is 0. The second-order valence-corrected chi connectivity index (χ2v) is 7.88. The minimum absolute atomic E-state index is 0.111. The van der Waals surface area contributed by atoms with Crippen LogP contribution in [0.5, 0.6) is 0 Å². The first kappa shape index (κ1) is 14.6. The maximum absolute atomic E-state index is 6.28. The molecule has 2 aliphatic carbocycles. The van der Waals surface area contributed by atoms with Crippen LogP contribution in [0.3, 0.4) is 0 Å². The molecule has 2 heteroatoms. The van der Waals surface area contributed by atoms with Crippen LogP contribution in [0.4, 0.5) is 0 Å². The van der Waals surface area contributed by atoms with Gasteiger partial charge in [-0.15, -0.1) is 0 Å². The highest BCUT2D eigenvalue weighted by atomic mass is 16.5. The lowest BCUT2D eigenvalue weighted by molar-refractivity contribution is -0.165. The molecule has 1 saturated heterocycles. The molecule has 0 radical (unpaired) electrons. The largest absolute Gasteiger partial charge is 0.374 e. The van der Waals surface area contributed by atoms with Crippen molar-refractivity contribution >= 4 is 0 Å². The van der Waals surface area contributed by atoms with Gasteiger partial charge in [0.15, 0.2) is 0 Å². The Balaban J connectivity index is 1.89. The summed E-state index contributed by atoms with van der Waals surface area (Å²) in [5.74, 6) is 2.56. The molecule has 0 spiro atoms. The molecular weight excluding hydrogens is 248 g/mol. The summed E-state index contributed by atoms with van der Waals surface area (Å²) in [6, 6.07) is 0. The lowest BCUT2D eigenvalue weighted by Gasteiger charge is -2.55. The van der Waals surface area contributed by atoms with E-state index in [1.165, 1.54) is 37.7 Å². The summed E-state index contributed by atoms with van der Waals surface area (Å²) >= 11 is 0. The molecule has 2 nitrogen and oxygen atoms in total. The highest BCUT2D eigenvalue weighted by Gasteiger charge is 2.52. The van der Waals surface area contributed by atoms with Gasteiger partial charge in [0, 0.05) is 12.5 Å². The molecule has 2 saturated carbocycles. The highest BCUT2D eigenvalue weighted by molar-refractivity contribution is 5.14. The van der Waals surface area contributed by atoms with Gasteiger partial charge in [0.2, 0.25) is 0 Å². The fourth-order valence-corrected chi connectivity index (χ4v) is 5.68. The topological polar surface area (TPSA) is 18.5 Å². The fraction of sp³-hybridized carbons (Fsp3) is 0.889. The van der Waals surface area contributed by atoms with E-state index in [0.717, 1.165) is 30.8 Å².